The molecule has 1 aromatic heterocycles. The van der Waals surface area contributed by atoms with E-state index < -0.39 is 0 Å². The fourth-order valence-corrected chi connectivity index (χ4v) is 5.23. The first-order chi connectivity index (χ1) is 14.7. The van der Waals surface area contributed by atoms with Crippen LogP contribution in [0, 0.1) is 5.92 Å². The van der Waals surface area contributed by atoms with E-state index >= 15 is 0 Å². The lowest BCUT2D eigenvalue weighted by Crippen LogP contribution is -2.42. The van der Waals surface area contributed by atoms with Gasteiger partial charge in [-0.05, 0) is 43.5 Å². The maximum absolute atomic E-state index is 12.6. The number of piperidine rings is 1. The lowest BCUT2D eigenvalue weighted by molar-refractivity contribution is -0.133. The maximum Gasteiger partial charge on any atom is 0.222 e. The van der Waals surface area contributed by atoms with Gasteiger partial charge in [-0.25, -0.2) is 4.98 Å². The predicted molar refractivity (Wildman–Crippen MR) is 121 cm³/mol. The van der Waals surface area contributed by atoms with Crippen LogP contribution < -0.4 is 4.74 Å². The van der Waals surface area contributed by atoms with Gasteiger partial charge in [0.05, 0.1) is 11.2 Å². The van der Waals surface area contributed by atoms with Crippen molar-refractivity contribution < 1.29 is 9.53 Å². The summed E-state index contributed by atoms with van der Waals surface area (Å²) in [6.07, 6.45) is 7.86. The summed E-state index contributed by atoms with van der Waals surface area (Å²) < 4.78 is 6.28. The highest BCUT2D eigenvalue weighted by molar-refractivity contribution is 7.07. The highest BCUT2D eigenvalue weighted by atomic mass is 32.1. The van der Waals surface area contributed by atoms with Crippen molar-refractivity contribution in [2.75, 3.05) is 20.1 Å². The lowest BCUT2D eigenvalue weighted by Gasteiger charge is -2.33. The fraction of sp³-hybridized carbons (Fsp3) is 0.583. The summed E-state index contributed by atoms with van der Waals surface area (Å²) in [5.41, 5.74) is 4.24. The molecule has 1 aliphatic carbocycles. The topological polar surface area (TPSA) is 45.7 Å². The van der Waals surface area contributed by atoms with Crippen LogP contribution in [-0.2, 0) is 17.9 Å². The number of carbonyl (C=O) groups excluding carboxylic acids is 1. The van der Waals surface area contributed by atoms with Crippen LogP contribution in [0.5, 0.6) is 5.75 Å². The molecule has 1 saturated heterocycles. The Bertz CT molecular complexity index is 797. The molecule has 0 radical (unpaired) electrons. The van der Waals surface area contributed by atoms with Crippen molar-refractivity contribution in [2.45, 2.75) is 64.1 Å². The van der Waals surface area contributed by atoms with Crippen LogP contribution in [-0.4, -0.2) is 46.9 Å². The van der Waals surface area contributed by atoms with Gasteiger partial charge in [-0.15, -0.1) is 11.3 Å². The summed E-state index contributed by atoms with van der Waals surface area (Å²) in [7, 11) is 2.12. The Morgan fingerprint density at radius 3 is 2.73 bits per heavy atom. The second-order valence-electron chi connectivity index (χ2n) is 8.85. The highest BCUT2D eigenvalue weighted by Gasteiger charge is 2.26. The molecule has 5 nitrogen and oxygen atoms in total. The van der Waals surface area contributed by atoms with E-state index in [-0.39, 0.29) is 6.10 Å². The molecule has 162 valence electrons. The van der Waals surface area contributed by atoms with Gasteiger partial charge in [-0.2, -0.15) is 0 Å². The van der Waals surface area contributed by atoms with Crippen LogP contribution in [0.25, 0.3) is 0 Å². The van der Waals surface area contributed by atoms with E-state index in [4.69, 9.17) is 4.74 Å². The molecule has 2 heterocycles. The summed E-state index contributed by atoms with van der Waals surface area (Å²) in [5, 5.41) is 2.10. The van der Waals surface area contributed by atoms with Crippen molar-refractivity contribution >= 4 is 17.2 Å². The van der Waals surface area contributed by atoms with E-state index in [1.54, 1.807) is 11.3 Å². The summed E-state index contributed by atoms with van der Waals surface area (Å²) in [6.45, 7) is 3.36. The van der Waals surface area contributed by atoms with Gasteiger partial charge >= 0.3 is 0 Å². The second kappa shape index (κ2) is 10.4. The van der Waals surface area contributed by atoms with Crippen LogP contribution in [0.15, 0.2) is 35.2 Å². The van der Waals surface area contributed by atoms with Gasteiger partial charge in [-0.1, -0.05) is 25.0 Å². The third-order valence-electron chi connectivity index (χ3n) is 6.30. The minimum atomic E-state index is 0.198. The van der Waals surface area contributed by atoms with Crippen molar-refractivity contribution in [3.63, 3.8) is 0 Å². The zero-order chi connectivity index (χ0) is 20.8. The van der Waals surface area contributed by atoms with Crippen LogP contribution in [0.3, 0.4) is 0 Å². The number of thiazole rings is 1. The average molecular weight is 428 g/mol. The first kappa shape index (κ1) is 21.3. The molecule has 0 atom stereocenters. The van der Waals surface area contributed by atoms with Crippen molar-refractivity contribution in [3.8, 4) is 5.75 Å². The van der Waals surface area contributed by atoms with Crippen LogP contribution in [0.1, 0.15) is 56.2 Å². The second-order valence-corrected chi connectivity index (χ2v) is 9.57. The normalized spacial score (nSPS) is 18.3. The minimum Gasteiger partial charge on any atom is -0.490 e. The molecular formula is C24H33N3O2S. The number of ether oxygens (including phenoxy) is 1. The Labute approximate surface area is 184 Å². The van der Waals surface area contributed by atoms with E-state index in [0.717, 1.165) is 56.9 Å². The molecule has 1 saturated carbocycles. The smallest absolute Gasteiger partial charge is 0.222 e. The zero-order valence-electron chi connectivity index (χ0n) is 18.0. The lowest BCUT2D eigenvalue weighted by atomic mass is 10.0. The molecule has 1 aromatic carbocycles. The molecule has 0 spiro atoms. The number of nitrogens with zero attached hydrogens (tertiary/aromatic N) is 3. The Kier molecular flexibility index (Phi) is 7.39. The summed E-state index contributed by atoms with van der Waals surface area (Å²) in [4.78, 5) is 21.2. The Morgan fingerprint density at radius 2 is 2.00 bits per heavy atom. The van der Waals surface area contributed by atoms with Gasteiger partial charge in [0, 0.05) is 50.8 Å². The van der Waals surface area contributed by atoms with Crippen LogP contribution in [0.2, 0.25) is 0 Å². The fourth-order valence-electron chi connectivity index (χ4n) is 4.68. The molecule has 2 aromatic rings. The number of aromatic nitrogens is 1. The van der Waals surface area contributed by atoms with Gasteiger partial charge in [0.1, 0.15) is 11.9 Å². The first-order valence-corrected chi connectivity index (χ1v) is 12.2. The minimum absolute atomic E-state index is 0.198. The van der Waals surface area contributed by atoms with Crippen LogP contribution >= 0.6 is 11.3 Å². The summed E-state index contributed by atoms with van der Waals surface area (Å²) >= 11 is 1.64. The Morgan fingerprint density at radius 1 is 1.20 bits per heavy atom. The van der Waals surface area contributed by atoms with E-state index in [2.05, 4.69) is 45.4 Å². The summed E-state index contributed by atoms with van der Waals surface area (Å²) in [5.74, 6) is 1.92. The molecular weight excluding hydrogens is 394 g/mol. The van der Waals surface area contributed by atoms with Gasteiger partial charge in [0.15, 0.2) is 0 Å². The van der Waals surface area contributed by atoms with E-state index in [0.29, 0.717) is 11.8 Å². The maximum atomic E-state index is 12.6. The number of likely N-dealkylation sites (tertiary alicyclic amines) is 1. The van der Waals surface area contributed by atoms with Gasteiger partial charge < -0.3 is 9.64 Å². The van der Waals surface area contributed by atoms with Crippen molar-refractivity contribution in [1.29, 1.82) is 0 Å². The Balaban J connectivity index is 1.23. The molecule has 0 bridgehead atoms. The van der Waals surface area contributed by atoms with Crippen LogP contribution in [0.4, 0.5) is 0 Å². The van der Waals surface area contributed by atoms with Crippen molar-refractivity contribution in [1.82, 2.24) is 14.8 Å². The monoisotopic (exact) mass is 427 g/mol. The third-order valence-corrected chi connectivity index (χ3v) is 6.94. The molecule has 1 aliphatic heterocycles. The number of rotatable bonds is 8. The molecule has 6 heteroatoms. The van der Waals surface area contributed by atoms with Crippen molar-refractivity contribution in [2.24, 2.45) is 5.92 Å². The molecule has 1 amide bonds. The van der Waals surface area contributed by atoms with Crippen molar-refractivity contribution in [3.05, 3.63) is 46.4 Å². The number of benzene rings is 1. The molecule has 0 unspecified atom stereocenters. The molecule has 2 aliphatic rings. The molecule has 4 rings (SSSR count). The molecule has 2 fully saturated rings. The standard InChI is InChI=1S/C24H33N3O2S/c1-26(16-21-17-30-18-25-21)15-20-7-4-8-23(13-20)29-22-9-11-27(12-10-22)24(28)14-19-5-2-3-6-19/h4,7-8,13,17-19,22H,2-3,5-6,9-12,14-16H2,1H3. The SMILES string of the molecule is CN(Cc1cccc(OC2CCN(C(=O)CC3CCCC3)CC2)c1)Cc1cscn1. The van der Waals surface area contributed by atoms with Gasteiger partial charge in [0.25, 0.3) is 0 Å². The average Bonchev–Trinajstić information content (AvgIpc) is 3.43. The van der Waals surface area contributed by atoms with Gasteiger partial charge in [0.2, 0.25) is 5.91 Å². The quantitative estimate of drug-likeness (QED) is 0.611. The number of hydrogen-bond acceptors (Lipinski definition) is 5. The van der Waals surface area contributed by atoms with E-state index in [1.807, 2.05) is 11.6 Å². The first-order valence-electron chi connectivity index (χ1n) is 11.2. The molecule has 30 heavy (non-hydrogen) atoms. The predicted octanol–water partition coefficient (Wildman–Crippen LogP) is 4.73. The molecule has 0 N–H and O–H groups in total. The van der Waals surface area contributed by atoms with Gasteiger partial charge in [-0.3, -0.25) is 9.69 Å². The van der Waals surface area contributed by atoms with E-state index in [9.17, 15) is 4.79 Å². The van der Waals surface area contributed by atoms with E-state index in [1.165, 1.54) is 31.2 Å². The third kappa shape index (κ3) is 6.05. The number of hydrogen-bond donors (Lipinski definition) is 0. The number of carbonyl (C=O) groups is 1. The Hall–Kier alpha value is -1.92. The zero-order valence-corrected chi connectivity index (χ0v) is 18.8. The largest absolute Gasteiger partial charge is 0.490 e. The summed E-state index contributed by atoms with van der Waals surface area (Å²) in [6, 6.07) is 8.41. The number of amides is 1. The highest BCUT2D eigenvalue weighted by Crippen LogP contribution is 2.29.